The van der Waals surface area contributed by atoms with E-state index >= 15 is 0 Å². The van der Waals surface area contributed by atoms with E-state index in [1.165, 1.54) is 18.2 Å². The molecule has 0 aliphatic heterocycles. The van der Waals surface area contributed by atoms with Crippen LogP contribution in [0.15, 0.2) is 36.4 Å². The maximum absolute atomic E-state index is 13.6. The van der Waals surface area contributed by atoms with Crippen LogP contribution >= 0.6 is 11.6 Å². The van der Waals surface area contributed by atoms with E-state index in [-0.39, 0.29) is 17.0 Å². The first-order valence-electron chi connectivity index (χ1n) is 5.87. The fourth-order valence-electron chi connectivity index (χ4n) is 1.93. The van der Waals surface area contributed by atoms with Gasteiger partial charge >= 0.3 is 0 Å². The number of hydrazine groups is 1. The molecule has 0 aliphatic rings. The Labute approximate surface area is 119 Å². The van der Waals surface area contributed by atoms with Gasteiger partial charge in [-0.1, -0.05) is 23.7 Å². The Morgan fingerprint density at radius 1 is 1.05 bits per heavy atom. The largest absolute Gasteiger partial charge is 0.271 e. The number of rotatable bonds is 4. The highest BCUT2D eigenvalue weighted by molar-refractivity contribution is 6.30. The SMILES string of the molecule is NNC(Cc1c(F)cccc1F)c1ccc(Cl)c(F)c1. The van der Waals surface area contributed by atoms with Crippen LogP contribution in [0.4, 0.5) is 13.2 Å². The van der Waals surface area contributed by atoms with Crippen molar-refractivity contribution in [2.24, 2.45) is 5.84 Å². The Balaban J connectivity index is 2.31. The lowest BCUT2D eigenvalue weighted by atomic mass is 9.98. The predicted octanol–water partition coefficient (Wildman–Crippen LogP) is 3.50. The van der Waals surface area contributed by atoms with Crippen LogP contribution in [-0.2, 0) is 6.42 Å². The van der Waals surface area contributed by atoms with Crippen LogP contribution in [0.3, 0.4) is 0 Å². The second-order valence-corrected chi connectivity index (χ2v) is 4.70. The minimum atomic E-state index is -0.667. The zero-order chi connectivity index (χ0) is 14.7. The number of hydrogen-bond donors (Lipinski definition) is 2. The van der Waals surface area contributed by atoms with Crippen molar-refractivity contribution in [1.29, 1.82) is 0 Å². The van der Waals surface area contributed by atoms with Gasteiger partial charge in [0.1, 0.15) is 17.5 Å². The van der Waals surface area contributed by atoms with Crippen LogP contribution in [0.2, 0.25) is 5.02 Å². The first-order valence-corrected chi connectivity index (χ1v) is 6.24. The Morgan fingerprint density at radius 3 is 2.25 bits per heavy atom. The smallest absolute Gasteiger partial charge is 0.142 e. The number of halogens is 4. The van der Waals surface area contributed by atoms with Crippen LogP contribution < -0.4 is 11.3 Å². The standard InChI is InChI=1S/C14H12ClF3N2/c15-10-5-4-8(6-13(10)18)14(20-19)7-9-11(16)2-1-3-12(9)17/h1-6,14,20H,7,19H2. The summed E-state index contributed by atoms with van der Waals surface area (Å²) in [5.41, 5.74) is 2.77. The third-order valence-electron chi connectivity index (χ3n) is 3.02. The van der Waals surface area contributed by atoms with E-state index < -0.39 is 23.5 Å². The molecular weight excluding hydrogens is 289 g/mol. The van der Waals surface area contributed by atoms with Gasteiger partial charge in [-0.05, 0) is 36.2 Å². The second-order valence-electron chi connectivity index (χ2n) is 4.30. The van der Waals surface area contributed by atoms with Crippen LogP contribution in [0, 0.1) is 17.5 Å². The quantitative estimate of drug-likeness (QED) is 0.670. The summed E-state index contributed by atoms with van der Waals surface area (Å²) in [6, 6.07) is 7.08. The van der Waals surface area contributed by atoms with Crippen LogP contribution in [0.25, 0.3) is 0 Å². The van der Waals surface area contributed by atoms with Crippen molar-refractivity contribution in [2.45, 2.75) is 12.5 Å². The summed E-state index contributed by atoms with van der Waals surface area (Å²) in [5.74, 6) is 3.44. The minimum Gasteiger partial charge on any atom is -0.271 e. The van der Waals surface area contributed by atoms with Gasteiger partial charge in [0.25, 0.3) is 0 Å². The number of hydrogen-bond acceptors (Lipinski definition) is 2. The van der Waals surface area contributed by atoms with Gasteiger partial charge in [-0.3, -0.25) is 11.3 Å². The zero-order valence-electron chi connectivity index (χ0n) is 10.3. The molecule has 3 N–H and O–H groups in total. The van der Waals surface area contributed by atoms with Crippen LogP contribution in [0.1, 0.15) is 17.2 Å². The molecule has 0 aromatic heterocycles. The molecule has 1 unspecified atom stereocenters. The molecule has 0 fully saturated rings. The van der Waals surface area contributed by atoms with Gasteiger partial charge in [0.05, 0.1) is 11.1 Å². The molecule has 0 radical (unpaired) electrons. The summed E-state index contributed by atoms with van der Waals surface area (Å²) in [4.78, 5) is 0. The van der Waals surface area contributed by atoms with Crippen molar-refractivity contribution >= 4 is 11.6 Å². The summed E-state index contributed by atoms with van der Waals surface area (Å²) in [7, 11) is 0. The summed E-state index contributed by atoms with van der Waals surface area (Å²) in [6.45, 7) is 0. The lowest BCUT2D eigenvalue weighted by Gasteiger charge is -2.17. The molecule has 1 atom stereocenters. The lowest BCUT2D eigenvalue weighted by molar-refractivity contribution is 0.497. The normalized spacial score (nSPS) is 12.4. The molecule has 2 nitrogen and oxygen atoms in total. The third-order valence-corrected chi connectivity index (χ3v) is 3.32. The molecule has 106 valence electrons. The van der Waals surface area contributed by atoms with E-state index in [1.807, 2.05) is 0 Å². The van der Waals surface area contributed by atoms with Crippen molar-refractivity contribution in [3.8, 4) is 0 Å². The van der Waals surface area contributed by atoms with Crippen molar-refractivity contribution in [3.63, 3.8) is 0 Å². The zero-order valence-corrected chi connectivity index (χ0v) is 11.1. The topological polar surface area (TPSA) is 38.0 Å². The molecule has 2 aromatic carbocycles. The summed E-state index contributed by atoms with van der Waals surface area (Å²) in [5, 5.41) is -0.0263. The monoisotopic (exact) mass is 300 g/mol. The van der Waals surface area contributed by atoms with Gasteiger partial charge in [-0.15, -0.1) is 0 Å². The predicted molar refractivity (Wildman–Crippen MR) is 71.5 cm³/mol. The van der Waals surface area contributed by atoms with Crippen LogP contribution in [0.5, 0.6) is 0 Å². The Morgan fingerprint density at radius 2 is 1.70 bits per heavy atom. The molecule has 0 bridgehead atoms. The first kappa shape index (κ1) is 14.8. The second kappa shape index (κ2) is 6.26. The fraction of sp³-hybridized carbons (Fsp3) is 0.143. The Kier molecular flexibility index (Phi) is 4.65. The Hall–Kier alpha value is -1.56. The molecule has 0 saturated heterocycles. The molecule has 0 aliphatic carbocycles. The summed E-state index contributed by atoms with van der Waals surface area (Å²) < 4.78 is 40.6. The van der Waals surface area contributed by atoms with E-state index in [9.17, 15) is 13.2 Å². The molecule has 2 rings (SSSR count). The van der Waals surface area contributed by atoms with Gasteiger partial charge in [-0.25, -0.2) is 13.2 Å². The highest BCUT2D eigenvalue weighted by atomic mass is 35.5. The van der Waals surface area contributed by atoms with E-state index in [1.54, 1.807) is 6.07 Å². The van der Waals surface area contributed by atoms with Gasteiger partial charge in [0, 0.05) is 5.56 Å². The molecule has 20 heavy (non-hydrogen) atoms. The fourth-order valence-corrected chi connectivity index (χ4v) is 2.05. The number of nitrogens with two attached hydrogens (primary N) is 1. The van der Waals surface area contributed by atoms with Crippen molar-refractivity contribution in [2.75, 3.05) is 0 Å². The maximum Gasteiger partial charge on any atom is 0.142 e. The van der Waals surface area contributed by atoms with E-state index in [0.29, 0.717) is 5.56 Å². The number of benzene rings is 2. The average Bonchev–Trinajstić information content (AvgIpc) is 2.42. The van der Waals surface area contributed by atoms with Crippen molar-refractivity contribution < 1.29 is 13.2 Å². The minimum absolute atomic E-state index is 0.0263. The average molecular weight is 301 g/mol. The lowest BCUT2D eigenvalue weighted by Crippen LogP contribution is -2.30. The van der Waals surface area contributed by atoms with Gasteiger partial charge < -0.3 is 0 Å². The molecule has 6 heteroatoms. The molecule has 0 heterocycles. The molecule has 0 spiro atoms. The van der Waals surface area contributed by atoms with Crippen molar-refractivity contribution in [3.05, 3.63) is 70.0 Å². The molecule has 0 amide bonds. The maximum atomic E-state index is 13.6. The molecule has 0 saturated carbocycles. The van der Waals surface area contributed by atoms with Crippen LogP contribution in [-0.4, -0.2) is 0 Å². The van der Waals surface area contributed by atoms with Gasteiger partial charge in [-0.2, -0.15) is 0 Å². The van der Waals surface area contributed by atoms with E-state index in [2.05, 4.69) is 5.43 Å². The van der Waals surface area contributed by atoms with Gasteiger partial charge in [0.15, 0.2) is 0 Å². The van der Waals surface area contributed by atoms with E-state index in [4.69, 9.17) is 17.4 Å². The highest BCUT2D eigenvalue weighted by Crippen LogP contribution is 2.24. The van der Waals surface area contributed by atoms with Gasteiger partial charge in [0.2, 0.25) is 0 Å². The Bertz CT molecular complexity index is 599. The van der Waals surface area contributed by atoms with Crippen molar-refractivity contribution in [1.82, 2.24) is 5.43 Å². The van der Waals surface area contributed by atoms with E-state index in [0.717, 1.165) is 12.1 Å². The third kappa shape index (κ3) is 3.12. The molecule has 2 aromatic rings. The summed E-state index contributed by atoms with van der Waals surface area (Å²) >= 11 is 5.59. The highest BCUT2D eigenvalue weighted by Gasteiger charge is 2.17. The molecular formula is C14H12ClF3N2. The first-order chi connectivity index (χ1) is 9.52. The summed E-state index contributed by atoms with van der Waals surface area (Å²) in [6.07, 6.45) is -0.0456. The number of nitrogens with one attached hydrogen (secondary N) is 1.